The zero-order valence-electron chi connectivity index (χ0n) is 11.0. The normalized spacial score (nSPS) is 19.3. The van der Waals surface area contributed by atoms with Gasteiger partial charge >= 0.3 is 0 Å². The number of amides is 1. The topological polar surface area (TPSA) is 72.1 Å². The fourth-order valence-electron chi connectivity index (χ4n) is 2.34. The molecule has 5 heteroatoms. The standard InChI is InChI=1S/C13H20N4O/c1-3-12-11(6-9(2)15-16-12)13(18)17-5-4-10(7-14)8-17/h6,10H,3-5,7-8,14H2,1-2H3. The summed E-state index contributed by atoms with van der Waals surface area (Å²) >= 11 is 0. The van der Waals surface area contributed by atoms with E-state index in [1.165, 1.54) is 0 Å². The first-order chi connectivity index (χ1) is 8.65. The van der Waals surface area contributed by atoms with Gasteiger partial charge in [-0.2, -0.15) is 10.2 Å². The van der Waals surface area contributed by atoms with Gasteiger partial charge in [0.1, 0.15) is 0 Å². The van der Waals surface area contributed by atoms with Crippen LogP contribution in [0.1, 0.15) is 35.1 Å². The Labute approximate surface area is 107 Å². The molecule has 0 spiro atoms. The van der Waals surface area contributed by atoms with Gasteiger partial charge in [0.15, 0.2) is 0 Å². The Balaban J connectivity index is 2.21. The van der Waals surface area contributed by atoms with Crippen molar-refractivity contribution in [1.82, 2.24) is 15.1 Å². The fourth-order valence-corrected chi connectivity index (χ4v) is 2.34. The first kappa shape index (κ1) is 13.0. The average Bonchev–Trinajstić information content (AvgIpc) is 2.86. The molecule has 1 aliphatic rings. The molecule has 1 aromatic heterocycles. The van der Waals surface area contributed by atoms with Gasteiger partial charge in [-0.3, -0.25) is 4.79 Å². The molecule has 98 valence electrons. The van der Waals surface area contributed by atoms with E-state index in [0.717, 1.165) is 37.3 Å². The second-order valence-electron chi connectivity index (χ2n) is 4.84. The van der Waals surface area contributed by atoms with Crippen LogP contribution in [0.15, 0.2) is 6.07 Å². The Morgan fingerprint density at radius 2 is 2.33 bits per heavy atom. The van der Waals surface area contributed by atoms with E-state index in [2.05, 4.69) is 10.2 Å². The van der Waals surface area contributed by atoms with Crippen LogP contribution in [0.2, 0.25) is 0 Å². The van der Waals surface area contributed by atoms with Crippen molar-refractivity contribution in [2.45, 2.75) is 26.7 Å². The molecule has 1 aliphatic heterocycles. The van der Waals surface area contributed by atoms with E-state index in [0.29, 0.717) is 18.0 Å². The minimum atomic E-state index is 0.0702. The maximum Gasteiger partial charge on any atom is 0.255 e. The zero-order chi connectivity index (χ0) is 13.1. The number of nitrogens with zero attached hydrogens (tertiary/aromatic N) is 3. The summed E-state index contributed by atoms with van der Waals surface area (Å²) in [6, 6.07) is 1.84. The van der Waals surface area contributed by atoms with E-state index in [1.54, 1.807) is 0 Å². The third kappa shape index (κ3) is 2.51. The zero-order valence-corrected chi connectivity index (χ0v) is 11.0. The van der Waals surface area contributed by atoms with Crippen LogP contribution in [0.4, 0.5) is 0 Å². The van der Waals surface area contributed by atoms with Crippen molar-refractivity contribution in [3.05, 3.63) is 23.0 Å². The average molecular weight is 248 g/mol. The lowest BCUT2D eigenvalue weighted by molar-refractivity contribution is 0.0785. The number of carbonyl (C=O) groups excluding carboxylic acids is 1. The fraction of sp³-hybridized carbons (Fsp3) is 0.615. The molecule has 0 saturated carbocycles. The van der Waals surface area contributed by atoms with Crippen LogP contribution in [-0.4, -0.2) is 40.6 Å². The third-order valence-corrected chi connectivity index (χ3v) is 3.46. The molecule has 2 rings (SSSR count). The Kier molecular flexibility index (Phi) is 3.91. The van der Waals surface area contributed by atoms with E-state index in [-0.39, 0.29) is 5.91 Å². The SMILES string of the molecule is CCc1nnc(C)cc1C(=O)N1CCC(CN)C1. The smallest absolute Gasteiger partial charge is 0.255 e. The van der Waals surface area contributed by atoms with Gasteiger partial charge in [0.25, 0.3) is 5.91 Å². The van der Waals surface area contributed by atoms with Gasteiger partial charge in [0, 0.05) is 13.1 Å². The lowest BCUT2D eigenvalue weighted by Gasteiger charge is -2.17. The molecule has 0 aliphatic carbocycles. The molecular weight excluding hydrogens is 228 g/mol. The minimum Gasteiger partial charge on any atom is -0.338 e. The van der Waals surface area contributed by atoms with Gasteiger partial charge in [0.05, 0.1) is 17.0 Å². The van der Waals surface area contributed by atoms with Crippen molar-refractivity contribution in [3.8, 4) is 0 Å². The molecule has 1 atom stereocenters. The Morgan fingerprint density at radius 3 is 2.94 bits per heavy atom. The molecule has 0 aromatic carbocycles. The second kappa shape index (κ2) is 5.44. The largest absolute Gasteiger partial charge is 0.338 e. The lowest BCUT2D eigenvalue weighted by Crippen LogP contribution is -2.31. The van der Waals surface area contributed by atoms with E-state index in [4.69, 9.17) is 5.73 Å². The summed E-state index contributed by atoms with van der Waals surface area (Å²) in [4.78, 5) is 14.3. The Bertz CT molecular complexity index is 447. The molecule has 1 aromatic rings. The van der Waals surface area contributed by atoms with Crippen LogP contribution in [-0.2, 0) is 6.42 Å². The number of rotatable bonds is 3. The predicted molar refractivity (Wildman–Crippen MR) is 69.2 cm³/mol. The lowest BCUT2D eigenvalue weighted by atomic mass is 10.1. The quantitative estimate of drug-likeness (QED) is 0.857. The summed E-state index contributed by atoms with van der Waals surface area (Å²) in [7, 11) is 0. The van der Waals surface area contributed by atoms with Crippen LogP contribution in [0, 0.1) is 12.8 Å². The van der Waals surface area contributed by atoms with Crippen molar-refractivity contribution in [2.24, 2.45) is 11.7 Å². The highest BCUT2D eigenvalue weighted by Crippen LogP contribution is 2.19. The van der Waals surface area contributed by atoms with Crippen molar-refractivity contribution < 1.29 is 4.79 Å². The van der Waals surface area contributed by atoms with E-state index < -0.39 is 0 Å². The van der Waals surface area contributed by atoms with E-state index in [1.807, 2.05) is 24.8 Å². The van der Waals surface area contributed by atoms with Gasteiger partial charge in [-0.05, 0) is 38.3 Å². The molecule has 0 radical (unpaired) electrons. The number of hydrogen-bond acceptors (Lipinski definition) is 4. The highest BCUT2D eigenvalue weighted by atomic mass is 16.2. The summed E-state index contributed by atoms with van der Waals surface area (Å²) in [6.07, 6.45) is 1.73. The summed E-state index contributed by atoms with van der Waals surface area (Å²) in [6.45, 7) is 6.06. The van der Waals surface area contributed by atoms with Crippen molar-refractivity contribution in [3.63, 3.8) is 0 Å². The van der Waals surface area contributed by atoms with Gasteiger partial charge in [-0.25, -0.2) is 0 Å². The van der Waals surface area contributed by atoms with Crippen molar-refractivity contribution in [1.29, 1.82) is 0 Å². The molecule has 2 N–H and O–H groups in total. The molecule has 5 nitrogen and oxygen atoms in total. The maximum absolute atomic E-state index is 12.5. The highest BCUT2D eigenvalue weighted by molar-refractivity contribution is 5.95. The van der Waals surface area contributed by atoms with E-state index >= 15 is 0 Å². The Hall–Kier alpha value is -1.49. The third-order valence-electron chi connectivity index (χ3n) is 3.46. The summed E-state index contributed by atoms with van der Waals surface area (Å²) in [5.74, 6) is 0.510. The van der Waals surface area contributed by atoms with Crippen LogP contribution in [0.25, 0.3) is 0 Å². The number of hydrogen-bond donors (Lipinski definition) is 1. The van der Waals surface area contributed by atoms with Crippen LogP contribution >= 0.6 is 0 Å². The number of aryl methyl sites for hydroxylation is 2. The molecule has 18 heavy (non-hydrogen) atoms. The summed E-state index contributed by atoms with van der Waals surface area (Å²) in [5, 5.41) is 8.12. The maximum atomic E-state index is 12.5. The summed E-state index contributed by atoms with van der Waals surface area (Å²) in [5.41, 5.74) is 7.91. The van der Waals surface area contributed by atoms with Gasteiger partial charge < -0.3 is 10.6 Å². The van der Waals surface area contributed by atoms with E-state index in [9.17, 15) is 4.79 Å². The molecule has 1 fully saturated rings. The van der Waals surface area contributed by atoms with Crippen molar-refractivity contribution in [2.75, 3.05) is 19.6 Å². The number of carbonyl (C=O) groups is 1. The van der Waals surface area contributed by atoms with Gasteiger partial charge in [0.2, 0.25) is 0 Å². The van der Waals surface area contributed by atoms with Crippen LogP contribution < -0.4 is 5.73 Å². The predicted octanol–water partition coefficient (Wildman–Crippen LogP) is 0.768. The molecular formula is C13H20N4O. The molecule has 1 unspecified atom stereocenters. The van der Waals surface area contributed by atoms with Crippen molar-refractivity contribution >= 4 is 5.91 Å². The van der Waals surface area contributed by atoms with Gasteiger partial charge in [-0.1, -0.05) is 6.92 Å². The first-order valence-corrected chi connectivity index (χ1v) is 6.48. The monoisotopic (exact) mass is 248 g/mol. The number of nitrogens with two attached hydrogens (primary N) is 1. The number of aromatic nitrogens is 2. The molecule has 1 saturated heterocycles. The Morgan fingerprint density at radius 1 is 1.56 bits per heavy atom. The van der Waals surface area contributed by atoms with Gasteiger partial charge in [-0.15, -0.1) is 0 Å². The molecule has 2 heterocycles. The molecule has 0 bridgehead atoms. The molecule has 1 amide bonds. The summed E-state index contributed by atoms with van der Waals surface area (Å²) < 4.78 is 0. The minimum absolute atomic E-state index is 0.0702. The number of likely N-dealkylation sites (tertiary alicyclic amines) is 1. The first-order valence-electron chi connectivity index (χ1n) is 6.48. The highest BCUT2D eigenvalue weighted by Gasteiger charge is 2.27. The second-order valence-corrected chi connectivity index (χ2v) is 4.84. The van der Waals surface area contributed by atoms with Crippen LogP contribution in [0.3, 0.4) is 0 Å². The van der Waals surface area contributed by atoms with Crippen LogP contribution in [0.5, 0.6) is 0 Å².